The molecule has 0 bridgehead atoms. The highest BCUT2D eigenvalue weighted by molar-refractivity contribution is 9.10. The maximum absolute atomic E-state index is 11.8. The molecule has 0 atom stereocenters. The summed E-state index contributed by atoms with van der Waals surface area (Å²) in [5.74, 6) is 1.24. The van der Waals surface area contributed by atoms with Gasteiger partial charge in [-0.3, -0.25) is 9.89 Å². The Hall–Kier alpha value is -1.82. The third-order valence-corrected chi connectivity index (χ3v) is 3.55. The van der Waals surface area contributed by atoms with Crippen molar-refractivity contribution in [1.29, 1.82) is 0 Å². The smallest absolute Gasteiger partial charge is 0.263 e. The van der Waals surface area contributed by atoms with Gasteiger partial charge >= 0.3 is 0 Å². The normalized spacial score (nSPS) is 10.7. The lowest BCUT2D eigenvalue weighted by atomic mass is 10.1. The minimum atomic E-state index is -0.246. The van der Waals surface area contributed by atoms with Crippen molar-refractivity contribution in [3.05, 3.63) is 40.0 Å². The van der Waals surface area contributed by atoms with Crippen LogP contribution in [0.15, 0.2) is 28.7 Å². The number of benzene rings is 1. The van der Waals surface area contributed by atoms with E-state index in [4.69, 9.17) is 4.74 Å². The van der Waals surface area contributed by atoms with E-state index in [1.807, 2.05) is 31.2 Å². The highest BCUT2D eigenvalue weighted by Crippen LogP contribution is 2.25. The summed E-state index contributed by atoms with van der Waals surface area (Å²) < 4.78 is 6.31. The number of aromatic amines is 1. The first-order valence-corrected chi connectivity index (χ1v) is 7.49. The monoisotopic (exact) mass is 351 g/mol. The summed E-state index contributed by atoms with van der Waals surface area (Å²) in [4.78, 5) is 11.8. The van der Waals surface area contributed by atoms with Crippen LogP contribution in [0.4, 0.5) is 5.82 Å². The van der Waals surface area contributed by atoms with Crippen molar-refractivity contribution < 1.29 is 9.53 Å². The van der Waals surface area contributed by atoms with Crippen LogP contribution in [-0.2, 0) is 4.79 Å². The van der Waals surface area contributed by atoms with Gasteiger partial charge in [-0.25, -0.2) is 0 Å². The Kier molecular flexibility index (Phi) is 5.01. The fourth-order valence-corrected chi connectivity index (χ4v) is 2.35. The van der Waals surface area contributed by atoms with Crippen molar-refractivity contribution in [2.75, 3.05) is 11.9 Å². The number of carbonyl (C=O) groups excluding carboxylic acids is 1. The van der Waals surface area contributed by atoms with Gasteiger partial charge < -0.3 is 10.1 Å². The maximum atomic E-state index is 11.8. The highest BCUT2D eigenvalue weighted by atomic mass is 79.9. The van der Waals surface area contributed by atoms with E-state index < -0.39 is 0 Å². The van der Waals surface area contributed by atoms with Crippen LogP contribution in [0.25, 0.3) is 0 Å². The lowest BCUT2D eigenvalue weighted by Crippen LogP contribution is -2.20. The van der Waals surface area contributed by atoms with Gasteiger partial charge in [0.1, 0.15) is 5.75 Å². The van der Waals surface area contributed by atoms with Crippen LogP contribution in [-0.4, -0.2) is 22.7 Å². The van der Waals surface area contributed by atoms with Crippen molar-refractivity contribution in [2.24, 2.45) is 0 Å². The third kappa shape index (κ3) is 4.32. The number of nitrogens with one attached hydrogen (secondary N) is 2. The van der Waals surface area contributed by atoms with E-state index in [2.05, 4.69) is 45.3 Å². The molecule has 6 heteroatoms. The molecule has 0 fully saturated rings. The van der Waals surface area contributed by atoms with Gasteiger partial charge in [-0.1, -0.05) is 19.9 Å². The van der Waals surface area contributed by atoms with Crippen LogP contribution >= 0.6 is 15.9 Å². The summed E-state index contributed by atoms with van der Waals surface area (Å²) in [6, 6.07) is 7.53. The van der Waals surface area contributed by atoms with Crippen LogP contribution in [0.1, 0.15) is 31.0 Å². The van der Waals surface area contributed by atoms with Gasteiger partial charge in [-0.15, -0.1) is 0 Å². The molecule has 5 nitrogen and oxygen atoms in total. The molecular formula is C15H18BrN3O2. The summed E-state index contributed by atoms with van der Waals surface area (Å²) in [5.41, 5.74) is 2.10. The molecule has 0 aliphatic heterocycles. The van der Waals surface area contributed by atoms with Crippen LogP contribution in [0, 0.1) is 6.92 Å². The van der Waals surface area contributed by atoms with Gasteiger partial charge in [0.2, 0.25) is 0 Å². The first kappa shape index (κ1) is 15.6. The van der Waals surface area contributed by atoms with Crippen molar-refractivity contribution >= 4 is 27.7 Å². The fourth-order valence-electron chi connectivity index (χ4n) is 1.74. The molecule has 1 aromatic carbocycles. The number of aryl methyl sites for hydroxylation is 1. The molecule has 1 heterocycles. The zero-order chi connectivity index (χ0) is 15.4. The molecule has 0 aliphatic carbocycles. The minimum Gasteiger partial charge on any atom is -0.483 e. The number of aromatic nitrogens is 2. The molecule has 1 aromatic heterocycles. The quantitative estimate of drug-likeness (QED) is 0.864. The molecule has 2 rings (SSSR count). The molecule has 2 aromatic rings. The largest absolute Gasteiger partial charge is 0.483 e. The Morgan fingerprint density at radius 2 is 2.19 bits per heavy atom. The number of carbonyl (C=O) groups is 1. The van der Waals surface area contributed by atoms with Crippen LogP contribution in [0.2, 0.25) is 0 Å². The summed E-state index contributed by atoms with van der Waals surface area (Å²) >= 11 is 3.41. The van der Waals surface area contributed by atoms with E-state index in [0.29, 0.717) is 17.5 Å². The summed E-state index contributed by atoms with van der Waals surface area (Å²) in [7, 11) is 0. The summed E-state index contributed by atoms with van der Waals surface area (Å²) in [5, 5.41) is 9.62. The molecule has 0 aliphatic rings. The number of rotatable bonds is 5. The lowest BCUT2D eigenvalue weighted by Gasteiger charge is -2.08. The first-order valence-electron chi connectivity index (χ1n) is 6.70. The number of halogens is 1. The van der Waals surface area contributed by atoms with Crippen molar-refractivity contribution in [1.82, 2.24) is 10.2 Å². The molecule has 0 radical (unpaired) electrons. The average molecular weight is 352 g/mol. The number of anilines is 1. The van der Waals surface area contributed by atoms with E-state index in [0.717, 1.165) is 15.7 Å². The summed E-state index contributed by atoms with van der Waals surface area (Å²) in [6.07, 6.45) is 0. The molecular weight excluding hydrogens is 334 g/mol. The van der Waals surface area contributed by atoms with E-state index in [1.165, 1.54) is 0 Å². The minimum absolute atomic E-state index is 0.0640. The van der Waals surface area contributed by atoms with E-state index >= 15 is 0 Å². The summed E-state index contributed by atoms with van der Waals surface area (Å²) in [6.45, 7) is 6.03. The lowest BCUT2D eigenvalue weighted by molar-refractivity contribution is -0.118. The Labute approximate surface area is 132 Å². The highest BCUT2D eigenvalue weighted by Gasteiger charge is 2.09. The Balaban J connectivity index is 1.89. The average Bonchev–Trinajstić information content (AvgIpc) is 2.86. The van der Waals surface area contributed by atoms with E-state index in [9.17, 15) is 4.79 Å². The standard InChI is InChI=1S/C15H18BrN3O2/c1-9(2)12-7-14(19-18-12)17-15(20)8-21-13-5-4-10(3)6-11(13)16/h4-7,9H,8H2,1-3H3,(H2,17,18,19,20). The van der Waals surface area contributed by atoms with Gasteiger partial charge in [-0.2, -0.15) is 5.10 Å². The molecule has 0 spiro atoms. The molecule has 112 valence electrons. The van der Waals surface area contributed by atoms with Gasteiger partial charge in [0, 0.05) is 11.8 Å². The SMILES string of the molecule is Cc1ccc(OCC(=O)Nc2cc(C(C)C)[nH]n2)c(Br)c1. The molecule has 21 heavy (non-hydrogen) atoms. The molecule has 1 amide bonds. The van der Waals surface area contributed by atoms with Gasteiger partial charge in [0.05, 0.1) is 4.47 Å². The van der Waals surface area contributed by atoms with Crippen molar-refractivity contribution in [3.8, 4) is 5.75 Å². The number of hydrogen-bond donors (Lipinski definition) is 2. The Bertz CT molecular complexity index is 638. The topological polar surface area (TPSA) is 67.0 Å². The number of ether oxygens (including phenoxy) is 1. The third-order valence-electron chi connectivity index (χ3n) is 2.93. The Morgan fingerprint density at radius 3 is 2.81 bits per heavy atom. The molecule has 0 saturated heterocycles. The van der Waals surface area contributed by atoms with Crippen LogP contribution in [0.5, 0.6) is 5.75 Å². The maximum Gasteiger partial charge on any atom is 0.263 e. The van der Waals surface area contributed by atoms with Crippen LogP contribution < -0.4 is 10.1 Å². The van der Waals surface area contributed by atoms with Crippen LogP contribution in [0.3, 0.4) is 0 Å². The first-order chi connectivity index (χ1) is 9.95. The second-order valence-electron chi connectivity index (χ2n) is 5.13. The zero-order valence-corrected chi connectivity index (χ0v) is 13.8. The van der Waals surface area contributed by atoms with E-state index in [-0.39, 0.29) is 12.5 Å². The molecule has 0 unspecified atom stereocenters. The number of H-pyrrole nitrogens is 1. The van der Waals surface area contributed by atoms with Gasteiger partial charge in [0.25, 0.3) is 5.91 Å². The Morgan fingerprint density at radius 1 is 1.43 bits per heavy atom. The van der Waals surface area contributed by atoms with Crippen molar-refractivity contribution in [2.45, 2.75) is 26.7 Å². The van der Waals surface area contributed by atoms with Gasteiger partial charge in [-0.05, 0) is 46.5 Å². The van der Waals surface area contributed by atoms with Gasteiger partial charge in [0.15, 0.2) is 12.4 Å². The predicted molar refractivity (Wildman–Crippen MR) is 85.7 cm³/mol. The number of hydrogen-bond acceptors (Lipinski definition) is 3. The second kappa shape index (κ2) is 6.76. The molecule has 0 saturated carbocycles. The zero-order valence-electron chi connectivity index (χ0n) is 12.2. The molecule has 2 N–H and O–H groups in total. The predicted octanol–water partition coefficient (Wildman–Crippen LogP) is 3.62. The second-order valence-corrected chi connectivity index (χ2v) is 5.99. The van der Waals surface area contributed by atoms with Crippen molar-refractivity contribution in [3.63, 3.8) is 0 Å². The fraction of sp³-hybridized carbons (Fsp3) is 0.333. The number of nitrogens with zero attached hydrogens (tertiary/aromatic N) is 1. The number of amides is 1. The van der Waals surface area contributed by atoms with E-state index in [1.54, 1.807) is 0 Å².